The first-order valence-electron chi connectivity index (χ1n) is 9.71. The Kier molecular flexibility index (Phi) is 7.80. The van der Waals surface area contributed by atoms with Gasteiger partial charge in [0.05, 0.1) is 7.11 Å². The van der Waals surface area contributed by atoms with Crippen LogP contribution in [0.3, 0.4) is 0 Å². The van der Waals surface area contributed by atoms with E-state index in [0.29, 0.717) is 18.1 Å². The molecule has 30 heavy (non-hydrogen) atoms. The van der Waals surface area contributed by atoms with Crippen LogP contribution in [0.25, 0.3) is 0 Å². The fraction of sp³-hybridized carbons (Fsp3) is 0.167. The molecule has 0 saturated carbocycles. The standard InChI is InChI=1S/C24H25N3O2S/c1-29-21-14-12-18(13-15-21)17-25-24(30)27-26-23(28)16-22(19-8-4-2-5-9-19)20-10-6-3-7-11-20/h2-15,22H,16-17H2,1H3,(H,26,28)(H2,25,27,30). The molecule has 0 aliphatic carbocycles. The normalized spacial score (nSPS) is 10.3. The quantitative estimate of drug-likeness (QED) is 0.400. The summed E-state index contributed by atoms with van der Waals surface area (Å²) in [7, 11) is 1.63. The van der Waals surface area contributed by atoms with Crippen LogP contribution in [-0.4, -0.2) is 18.1 Å². The Morgan fingerprint density at radius 1 is 0.867 bits per heavy atom. The topological polar surface area (TPSA) is 62.4 Å². The number of hydrazine groups is 1. The van der Waals surface area contributed by atoms with E-state index < -0.39 is 0 Å². The fourth-order valence-electron chi connectivity index (χ4n) is 3.13. The number of hydrogen-bond donors (Lipinski definition) is 3. The van der Waals surface area contributed by atoms with Crippen LogP contribution in [0.4, 0.5) is 0 Å². The second-order valence-electron chi connectivity index (χ2n) is 6.78. The predicted molar refractivity (Wildman–Crippen MR) is 123 cm³/mol. The minimum Gasteiger partial charge on any atom is -0.497 e. The van der Waals surface area contributed by atoms with Crippen molar-refractivity contribution in [2.24, 2.45) is 0 Å². The molecule has 1 amide bonds. The molecule has 0 aliphatic rings. The summed E-state index contributed by atoms with van der Waals surface area (Å²) in [5, 5.41) is 3.43. The average molecular weight is 420 g/mol. The van der Waals surface area contributed by atoms with Crippen molar-refractivity contribution in [3.05, 3.63) is 102 Å². The summed E-state index contributed by atoms with van der Waals surface area (Å²) in [6.07, 6.45) is 0.308. The van der Waals surface area contributed by atoms with E-state index in [2.05, 4.69) is 16.2 Å². The van der Waals surface area contributed by atoms with E-state index in [4.69, 9.17) is 17.0 Å². The van der Waals surface area contributed by atoms with Gasteiger partial charge in [-0.25, -0.2) is 0 Å². The molecular weight excluding hydrogens is 394 g/mol. The lowest BCUT2D eigenvalue weighted by Crippen LogP contribution is -2.46. The van der Waals surface area contributed by atoms with Crippen LogP contribution in [0.15, 0.2) is 84.9 Å². The molecule has 154 valence electrons. The molecule has 0 radical (unpaired) electrons. The molecule has 0 unspecified atom stereocenters. The van der Waals surface area contributed by atoms with Crippen molar-refractivity contribution >= 4 is 23.2 Å². The Labute approximate surface area is 182 Å². The molecule has 0 bridgehead atoms. The van der Waals surface area contributed by atoms with Crippen molar-refractivity contribution in [1.82, 2.24) is 16.2 Å². The highest BCUT2D eigenvalue weighted by molar-refractivity contribution is 7.80. The number of nitrogens with one attached hydrogen (secondary N) is 3. The monoisotopic (exact) mass is 419 g/mol. The Bertz CT molecular complexity index is 908. The number of hydrogen-bond acceptors (Lipinski definition) is 3. The first-order valence-corrected chi connectivity index (χ1v) is 10.1. The fourth-order valence-corrected chi connectivity index (χ4v) is 3.25. The van der Waals surface area contributed by atoms with Gasteiger partial charge in [0, 0.05) is 18.9 Å². The van der Waals surface area contributed by atoms with Gasteiger partial charge < -0.3 is 10.1 Å². The number of carbonyl (C=O) groups is 1. The first-order chi connectivity index (χ1) is 14.7. The molecule has 0 aliphatic heterocycles. The first kappa shape index (κ1) is 21.3. The molecule has 0 aromatic heterocycles. The average Bonchev–Trinajstić information content (AvgIpc) is 2.81. The molecule has 3 rings (SSSR count). The van der Waals surface area contributed by atoms with E-state index in [1.54, 1.807) is 7.11 Å². The van der Waals surface area contributed by atoms with E-state index in [1.165, 1.54) is 0 Å². The van der Waals surface area contributed by atoms with Crippen LogP contribution >= 0.6 is 12.2 Å². The summed E-state index contributed by atoms with van der Waals surface area (Å²) >= 11 is 5.26. The third-order valence-corrected chi connectivity index (χ3v) is 4.97. The van der Waals surface area contributed by atoms with Crippen molar-refractivity contribution in [1.29, 1.82) is 0 Å². The number of ether oxygens (including phenoxy) is 1. The van der Waals surface area contributed by atoms with E-state index in [9.17, 15) is 4.79 Å². The predicted octanol–water partition coefficient (Wildman–Crippen LogP) is 3.91. The highest BCUT2D eigenvalue weighted by atomic mass is 32.1. The van der Waals surface area contributed by atoms with Gasteiger partial charge in [0.15, 0.2) is 5.11 Å². The maximum absolute atomic E-state index is 12.6. The number of methoxy groups -OCH3 is 1. The van der Waals surface area contributed by atoms with E-state index in [1.807, 2.05) is 84.9 Å². The highest BCUT2D eigenvalue weighted by Gasteiger charge is 2.18. The molecule has 3 N–H and O–H groups in total. The van der Waals surface area contributed by atoms with Gasteiger partial charge >= 0.3 is 0 Å². The molecule has 3 aromatic rings. The number of benzene rings is 3. The molecule has 3 aromatic carbocycles. The summed E-state index contributed by atoms with van der Waals surface area (Å²) in [5.74, 6) is 0.634. The summed E-state index contributed by atoms with van der Waals surface area (Å²) in [5.41, 5.74) is 8.72. The molecule has 0 saturated heterocycles. The van der Waals surface area contributed by atoms with Crippen molar-refractivity contribution in [3.8, 4) is 5.75 Å². The van der Waals surface area contributed by atoms with Crippen LogP contribution in [-0.2, 0) is 11.3 Å². The maximum atomic E-state index is 12.6. The third kappa shape index (κ3) is 6.32. The SMILES string of the molecule is COc1ccc(CNC(=S)NNC(=O)CC(c2ccccc2)c2ccccc2)cc1. The van der Waals surface area contributed by atoms with E-state index in [-0.39, 0.29) is 11.8 Å². The minimum absolute atomic E-state index is 0.0324. The molecule has 0 heterocycles. The van der Waals surface area contributed by atoms with E-state index >= 15 is 0 Å². The molecule has 6 heteroatoms. The molecule has 0 atom stereocenters. The van der Waals surface area contributed by atoms with Crippen molar-refractivity contribution in [2.75, 3.05) is 7.11 Å². The lowest BCUT2D eigenvalue weighted by molar-refractivity contribution is -0.121. The van der Waals surface area contributed by atoms with Crippen molar-refractivity contribution in [2.45, 2.75) is 18.9 Å². The lowest BCUT2D eigenvalue weighted by Gasteiger charge is -2.18. The van der Waals surface area contributed by atoms with Crippen LogP contribution in [0, 0.1) is 0 Å². The van der Waals surface area contributed by atoms with Crippen molar-refractivity contribution < 1.29 is 9.53 Å². The summed E-state index contributed by atoms with van der Waals surface area (Å²) in [6.45, 7) is 0.544. The highest BCUT2D eigenvalue weighted by Crippen LogP contribution is 2.27. The zero-order valence-electron chi connectivity index (χ0n) is 16.8. The Balaban J connectivity index is 1.52. The largest absolute Gasteiger partial charge is 0.497 e. The van der Waals surface area contributed by atoms with Gasteiger partial charge in [-0.1, -0.05) is 72.8 Å². The minimum atomic E-state index is -0.138. The number of thiocarbonyl (C=S) groups is 1. The molecular formula is C24H25N3O2S. The van der Waals surface area contributed by atoms with Crippen molar-refractivity contribution in [3.63, 3.8) is 0 Å². The van der Waals surface area contributed by atoms with Gasteiger partial charge in [-0.05, 0) is 41.0 Å². The zero-order chi connectivity index (χ0) is 21.2. The summed E-state index contributed by atoms with van der Waals surface area (Å²) in [4.78, 5) is 12.6. The van der Waals surface area contributed by atoms with E-state index in [0.717, 1.165) is 22.4 Å². The molecule has 5 nitrogen and oxygen atoms in total. The number of rotatable bonds is 7. The molecule has 0 fully saturated rings. The number of amides is 1. The van der Waals surface area contributed by atoms with Gasteiger partial charge in [0.1, 0.15) is 5.75 Å². The Hall–Kier alpha value is -3.38. The summed E-state index contributed by atoms with van der Waals surface area (Å²) < 4.78 is 5.15. The van der Waals surface area contributed by atoms with Crippen LogP contribution in [0.5, 0.6) is 5.75 Å². The Morgan fingerprint density at radius 3 is 1.97 bits per heavy atom. The zero-order valence-corrected chi connectivity index (χ0v) is 17.6. The maximum Gasteiger partial charge on any atom is 0.239 e. The van der Waals surface area contributed by atoms with Gasteiger partial charge in [0.2, 0.25) is 5.91 Å². The second kappa shape index (κ2) is 11.0. The van der Waals surface area contributed by atoms with Crippen LogP contribution in [0.1, 0.15) is 29.0 Å². The van der Waals surface area contributed by atoms with Gasteiger partial charge in [-0.15, -0.1) is 0 Å². The second-order valence-corrected chi connectivity index (χ2v) is 7.19. The third-order valence-electron chi connectivity index (χ3n) is 4.72. The number of carbonyl (C=O) groups excluding carboxylic acids is 1. The smallest absolute Gasteiger partial charge is 0.239 e. The molecule has 0 spiro atoms. The summed E-state index contributed by atoms with van der Waals surface area (Å²) in [6, 6.07) is 27.7. The van der Waals surface area contributed by atoms with Gasteiger partial charge in [-0.3, -0.25) is 15.6 Å². The lowest BCUT2D eigenvalue weighted by atomic mass is 9.88. The van der Waals surface area contributed by atoms with Crippen LogP contribution in [0.2, 0.25) is 0 Å². The van der Waals surface area contributed by atoms with Gasteiger partial charge in [0.25, 0.3) is 0 Å². The van der Waals surface area contributed by atoms with Gasteiger partial charge in [-0.2, -0.15) is 0 Å². The Morgan fingerprint density at radius 2 is 1.43 bits per heavy atom. The van der Waals surface area contributed by atoms with Crippen LogP contribution < -0.4 is 20.9 Å².